The van der Waals surface area contributed by atoms with Gasteiger partial charge in [-0.05, 0) is 48.5 Å². The van der Waals surface area contributed by atoms with Crippen molar-refractivity contribution in [2.75, 3.05) is 5.32 Å². The van der Waals surface area contributed by atoms with E-state index in [1.807, 2.05) is 5.38 Å². The minimum atomic E-state index is -0.346. The molecule has 2 aromatic carbocycles. The van der Waals surface area contributed by atoms with Gasteiger partial charge in [-0.1, -0.05) is 11.3 Å². The Hall–Kier alpha value is -2.73. The fourth-order valence-corrected chi connectivity index (χ4v) is 2.28. The predicted molar refractivity (Wildman–Crippen MR) is 83.0 cm³/mol. The molecule has 110 valence electrons. The summed E-state index contributed by atoms with van der Waals surface area (Å²) in [5, 5.41) is 5.06. The Kier molecular flexibility index (Phi) is 4.11. The summed E-state index contributed by atoms with van der Waals surface area (Å²) >= 11 is 1.39. The fourth-order valence-electron chi connectivity index (χ4n) is 1.77. The molecule has 0 saturated heterocycles. The van der Waals surface area contributed by atoms with Crippen molar-refractivity contribution in [1.29, 1.82) is 0 Å². The number of benzene rings is 2. The third kappa shape index (κ3) is 3.48. The zero-order valence-corrected chi connectivity index (χ0v) is 12.1. The molecule has 0 saturated carbocycles. The van der Waals surface area contributed by atoms with Gasteiger partial charge in [0.15, 0.2) is 0 Å². The van der Waals surface area contributed by atoms with E-state index in [1.54, 1.807) is 30.5 Å². The van der Waals surface area contributed by atoms with Crippen LogP contribution in [0.5, 0.6) is 10.9 Å². The zero-order chi connectivity index (χ0) is 15.4. The average Bonchev–Trinajstić information content (AvgIpc) is 3.03. The highest BCUT2D eigenvalue weighted by Crippen LogP contribution is 2.23. The lowest BCUT2D eigenvalue weighted by atomic mass is 10.2. The van der Waals surface area contributed by atoms with Crippen molar-refractivity contribution in [3.05, 3.63) is 71.5 Å². The van der Waals surface area contributed by atoms with E-state index in [9.17, 15) is 9.18 Å². The van der Waals surface area contributed by atoms with Crippen LogP contribution in [0.4, 0.5) is 10.1 Å². The molecular formula is C16H11FN2O2S. The molecule has 1 heterocycles. The number of amides is 1. The summed E-state index contributed by atoms with van der Waals surface area (Å²) in [4.78, 5) is 16.1. The highest BCUT2D eigenvalue weighted by Gasteiger charge is 2.07. The van der Waals surface area contributed by atoms with Crippen LogP contribution in [0.2, 0.25) is 0 Å². The summed E-state index contributed by atoms with van der Waals surface area (Å²) in [6.45, 7) is 0. The molecule has 0 aliphatic rings. The van der Waals surface area contributed by atoms with E-state index < -0.39 is 0 Å². The molecule has 1 aromatic heterocycles. The van der Waals surface area contributed by atoms with Crippen molar-refractivity contribution in [3.63, 3.8) is 0 Å². The Morgan fingerprint density at radius 2 is 1.82 bits per heavy atom. The number of hydrogen-bond donors (Lipinski definition) is 1. The van der Waals surface area contributed by atoms with Crippen molar-refractivity contribution in [2.24, 2.45) is 0 Å². The highest BCUT2D eigenvalue weighted by molar-refractivity contribution is 7.11. The van der Waals surface area contributed by atoms with E-state index in [-0.39, 0.29) is 11.7 Å². The maximum atomic E-state index is 12.8. The van der Waals surface area contributed by atoms with Crippen LogP contribution in [-0.4, -0.2) is 10.9 Å². The summed E-state index contributed by atoms with van der Waals surface area (Å²) in [5.74, 6) is -0.0117. The molecule has 0 bridgehead atoms. The lowest BCUT2D eigenvalue weighted by Crippen LogP contribution is -2.11. The van der Waals surface area contributed by atoms with E-state index in [2.05, 4.69) is 10.3 Å². The van der Waals surface area contributed by atoms with Crippen LogP contribution in [-0.2, 0) is 0 Å². The quantitative estimate of drug-likeness (QED) is 0.780. The Bertz CT molecular complexity index is 756. The van der Waals surface area contributed by atoms with Crippen LogP contribution in [0.15, 0.2) is 60.1 Å². The van der Waals surface area contributed by atoms with Gasteiger partial charge in [0.1, 0.15) is 11.6 Å². The second-order valence-corrected chi connectivity index (χ2v) is 5.24. The largest absolute Gasteiger partial charge is 0.431 e. The first-order chi connectivity index (χ1) is 10.7. The molecule has 1 amide bonds. The summed E-state index contributed by atoms with van der Waals surface area (Å²) in [6.07, 6.45) is 1.66. The van der Waals surface area contributed by atoms with E-state index in [4.69, 9.17) is 4.74 Å². The van der Waals surface area contributed by atoms with Crippen molar-refractivity contribution in [2.45, 2.75) is 0 Å². The Balaban J connectivity index is 1.66. The first kappa shape index (κ1) is 14.2. The first-order valence-corrected chi connectivity index (χ1v) is 7.33. The fraction of sp³-hybridized carbons (Fsp3) is 0. The molecule has 3 aromatic rings. The molecule has 0 aliphatic carbocycles. The first-order valence-electron chi connectivity index (χ1n) is 6.45. The molecule has 0 spiro atoms. The number of carbonyl (C=O) groups excluding carboxylic acids is 1. The normalized spacial score (nSPS) is 10.2. The van der Waals surface area contributed by atoms with Crippen LogP contribution in [0.3, 0.4) is 0 Å². The standard InChI is InChI=1S/C16H11FN2O2S/c17-12-3-5-13(6-4-12)19-15(20)11-1-7-14(8-2-11)21-16-18-9-10-22-16/h1-10H,(H,19,20). The van der Waals surface area contributed by atoms with Gasteiger partial charge in [-0.15, -0.1) is 0 Å². The molecule has 22 heavy (non-hydrogen) atoms. The van der Waals surface area contributed by atoms with E-state index >= 15 is 0 Å². The maximum absolute atomic E-state index is 12.8. The van der Waals surface area contributed by atoms with Gasteiger partial charge in [0.25, 0.3) is 11.1 Å². The number of hydrogen-bond acceptors (Lipinski definition) is 4. The summed E-state index contributed by atoms with van der Waals surface area (Å²) < 4.78 is 18.3. The summed E-state index contributed by atoms with van der Waals surface area (Å²) in [5.41, 5.74) is 1.02. The maximum Gasteiger partial charge on any atom is 0.278 e. The summed E-state index contributed by atoms with van der Waals surface area (Å²) in [6, 6.07) is 12.3. The molecule has 0 radical (unpaired) electrons. The van der Waals surface area contributed by atoms with Gasteiger partial charge in [-0.3, -0.25) is 4.79 Å². The zero-order valence-electron chi connectivity index (χ0n) is 11.3. The molecule has 6 heteroatoms. The van der Waals surface area contributed by atoms with E-state index in [0.29, 0.717) is 22.2 Å². The Morgan fingerprint density at radius 3 is 2.45 bits per heavy atom. The van der Waals surface area contributed by atoms with Crippen LogP contribution >= 0.6 is 11.3 Å². The minimum absolute atomic E-state index is 0.271. The van der Waals surface area contributed by atoms with Gasteiger partial charge in [-0.2, -0.15) is 0 Å². The second kappa shape index (κ2) is 6.36. The number of nitrogens with one attached hydrogen (secondary N) is 1. The number of halogens is 1. The van der Waals surface area contributed by atoms with Crippen LogP contribution < -0.4 is 10.1 Å². The summed E-state index contributed by atoms with van der Waals surface area (Å²) in [7, 11) is 0. The third-order valence-corrected chi connectivity index (χ3v) is 3.48. The number of thiazole rings is 1. The SMILES string of the molecule is O=C(Nc1ccc(F)cc1)c1ccc(Oc2nccs2)cc1. The van der Waals surface area contributed by atoms with Crippen molar-refractivity contribution in [3.8, 4) is 10.9 Å². The lowest BCUT2D eigenvalue weighted by molar-refractivity contribution is 0.102. The molecule has 0 aliphatic heterocycles. The Morgan fingerprint density at radius 1 is 1.09 bits per heavy atom. The average molecular weight is 314 g/mol. The van der Waals surface area contributed by atoms with Crippen LogP contribution in [0, 0.1) is 5.82 Å². The molecule has 0 fully saturated rings. The number of rotatable bonds is 4. The number of carbonyl (C=O) groups is 1. The lowest BCUT2D eigenvalue weighted by Gasteiger charge is -2.06. The molecule has 0 atom stereocenters. The van der Waals surface area contributed by atoms with E-state index in [0.717, 1.165) is 0 Å². The van der Waals surface area contributed by atoms with Crippen molar-refractivity contribution < 1.29 is 13.9 Å². The highest BCUT2D eigenvalue weighted by atomic mass is 32.1. The number of anilines is 1. The second-order valence-electron chi connectivity index (χ2n) is 4.39. The molecule has 0 unspecified atom stereocenters. The van der Waals surface area contributed by atoms with Gasteiger partial charge in [0.05, 0.1) is 0 Å². The third-order valence-electron chi connectivity index (χ3n) is 2.83. The minimum Gasteiger partial charge on any atom is -0.431 e. The number of nitrogens with zero attached hydrogens (tertiary/aromatic N) is 1. The smallest absolute Gasteiger partial charge is 0.278 e. The van der Waals surface area contributed by atoms with Gasteiger partial charge in [-0.25, -0.2) is 9.37 Å². The van der Waals surface area contributed by atoms with Gasteiger partial charge in [0.2, 0.25) is 0 Å². The van der Waals surface area contributed by atoms with Gasteiger partial charge < -0.3 is 10.1 Å². The van der Waals surface area contributed by atoms with Gasteiger partial charge >= 0.3 is 0 Å². The van der Waals surface area contributed by atoms with E-state index in [1.165, 1.54) is 35.6 Å². The Labute approximate surface area is 130 Å². The molecule has 1 N–H and O–H groups in total. The topological polar surface area (TPSA) is 51.2 Å². The number of ether oxygens (including phenoxy) is 1. The van der Waals surface area contributed by atoms with Crippen LogP contribution in [0.1, 0.15) is 10.4 Å². The molecular weight excluding hydrogens is 303 g/mol. The van der Waals surface area contributed by atoms with Crippen molar-refractivity contribution >= 4 is 22.9 Å². The van der Waals surface area contributed by atoms with Crippen molar-refractivity contribution in [1.82, 2.24) is 4.98 Å². The number of aromatic nitrogens is 1. The molecule has 3 rings (SSSR count). The monoisotopic (exact) mass is 314 g/mol. The van der Waals surface area contributed by atoms with Crippen LogP contribution in [0.25, 0.3) is 0 Å². The predicted octanol–water partition coefficient (Wildman–Crippen LogP) is 4.33. The molecule has 4 nitrogen and oxygen atoms in total. The van der Waals surface area contributed by atoms with Gasteiger partial charge in [0, 0.05) is 22.8 Å².